The Morgan fingerprint density at radius 3 is 2.36 bits per heavy atom. The van der Waals surface area contributed by atoms with Crippen molar-refractivity contribution in [1.82, 2.24) is 10.1 Å². The summed E-state index contributed by atoms with van der Waals surface area (Å²) in [5.74, 6) is -3.91. The number of fused-ring (bicyclic) bond motifs is 1. The van der Waals surface area contributed by atoms with Gasteiger partial charge in [-0.3, -0.25) is 4.79 Å². The number of benzene rings is 3. The number of alkyl halides is 3. The van der Waals surface area contributed by atoms with E-state index in [0.29, 0.717) is 16.8 Å². The van der Waals surface area contributed by atoms with Gasteiger partial charge in [0.1, 0.15) is 6.04 Å². The first-order valence-electron chi connectivity index (χ1n) is 10.8. The Bertz CT molecular complexity index is 1420. The number of amides is 1. The lowest BCUT2D eigenvalue weighted by Crippen LogP contribution is -2.49. The monoisotopic (exact) mass is 500 g/mol. The summed E-state index contributed by atoms with van der Waals surface area (Å²) in [6.45, 7) is 0.263. The molecular formula is C25H17F5N4O2. The molecule has 4 aromatic rings. The smallest absolute Gasteiger partial charge is 0.353 e. The van der Waals surface area contributed by atoms with E-state index >= 15 is 0 Å². The van der Waals surface area contributed by atoms with Gasteiger partial charge in [-0.15, -0.1) is 0 Å². The molecule has 0 fully saturated rings. The van der Waals surface area contributed by atoms with Crippen LogP contribution in [0.25, 0.3) is 11.4 Å². The van der Waals surface area contributed by atoms with Crippen molar-refractivity contribution < 1.29 is 31.3 Å². The van der Waals surface area contributed by atoms with Gasteiger partial charge in [-0.05, 0) is 35.4 Å². The normalized spacial score (nSPS) is 15.5. The number of carbonyl (C=O) groups excluding carboxylic acids is 1. The van der Waals surface area contributed by atoms with Crippen LogP contribution in [0.15, 0.2) is 71.3 Å². The molecule has 1 aromatic heterocycles. The van der Waals surface area contributed by atoms with Crippen LogP contribution in [0, 0.1) is 11.6 Å². The van der Waals surface area contributed by atoms with Crippen LogP contribution in [0.4, 0.5) is 33.3 Å². The van der Waals surface area contributed by atoms with Gasteiger partial charge in [0.2, 0.25) is 11.7 Å². The van der Waals surface area contributed by atoms with Crippen LogP contribution in [0.1, 0.15) is 17.0 Å². The molecule has 0 saturated carbocycles. The average Bonchev–Trinajstić information content (AvgIpc) is 3.35. The van der Waals surface area contributed by atoms with Gasteiger partial charge in [-0.2, -0.15) is 18.2 Å². The van der Waals surface area contributed by atoms with E-state index in [1.807, 2.05) is 17.0 Å². The molecule has 1 unspecified atom stereocenters. The number of para-hydroxylation sites is 2. The Morgan fingerprint density at radius 2 is 1.67 bits per heavy atom. The zero-order chi connectivity index (χ0) is 25.4. The first kappa shape index (κ1) is 23.5. The van der Waals surface area contributed by atoms with Crippen molar-refractivity contribution in [2.24, 2.45) is 0 Å². The number of carbonyl (C=O) groups is 1. The van der Waals surface area contributed by atoms with E-state index in [9.17, 15) is 26.7 Å². The van der Waals surface area contributed by atoms with E-state index in [4.69, 9.17) is 0 Å². The lowest BCUT2D eigenvalue weighted by Gasteiger charge is -2.38. The predicted octanol–water partition coefficient (Wildman–Crippen LogP) is 5.60. The maximum Gasteiger partial charge on any atom is 0.471 e. The Balaban J connectivity index is 1.43. The van der Waals surface area contributed by atoms with Crippen molar-refractivity contribution in [1.29, 1.82) is 0 Å². The van der Waals surface area contributed by atoms with Gasteiger partial charge in [0.25, 0.3) is 0 Å². The van der Waals surface area contributed by atoms with Crippen molar-refractivity contribution in [2.45, 2.75) is 25.2 Å². The van der Waals surface area contributed by atoms with Crippen LogP contribution in [-0.2, 0) is 23.9 Å². The summed E-state index contributed by atoms with van der Waals surface area (Å²) in [4.78, 5) is 18.2. The topological polar surface area (TPSA) is 71.3 Å². The molecule has 0 saturated heterocycles. The summed E-state index contributed by atoms with van der Waals surface area (Å²) < 4.78 is 69.7. The van der Waals surface area contributed by atoms with Crippen LogP contribution in [0.2, 0.25) is 0 Å². The first-order chi connectivity index (χ1) is 17.2. The maximum atomic E-state index is 13.8. The molecule has 36 heavy (non-hydrogen) atoms. The fourth-order valence-electron chi connectivity index (χ4n) is 4.06. The second-order valence-electron chi connectivity index (χ2n) is 8.22. The number of nitrogens with zero attached hydrogens (tertiary/aromatic N) is 3. The highest BCUT2D eigenvalue weighted by Gasteiger charge is 2.38. The number of anilines is 2. The third-order valence-corrected chi connectivity index (χ3v) is 5.80. The third kappa shape index (κ3) is 4.64. The minimum Gasteiger partial charge on any atom is -0.353 e. The minimum atomic E-state index is -4.74. The fraction of sp³-hybridized carbons (Fsp3) is 0.160. The molecule has 1 amide bonds. The second kappa shape index (κ2) is 9.06. The molecule has 184 valence electrons. The van der Waals surface area contributed by atoms with Crippen molar-refractivity contribution in [2.75, 3.05) is 10.2 Å². The molecule has 0 bridgehead atoms. The molecule has 1 N–H and O–H groups in total. The molecule has 2 heterocycles. The number of rotatable bonds is 5. The molecule has 1 aliphatic rings. The number of hydrogen-bond acceptors (Lipinski definition) is 5. The van der Waals surface area contributed by atoms with Gasteiger partial charge in [0.15, 0.2) is 11.6 Å². The Kier molecular flexibility index (Phi) is 5.91. The molecule has 0 spiro atoms. The van der Waals surface area contributed by atoms with E-state index in [1.54, 1.807) is 36.4 Å². The third-order valence-electron chi connectivity index (χ3n) is 5.80. The fourth-order valence-corrected chi connectivity index (χ4v) is 4.06. The van der Waals surface area contributed by atoms with E-state index in [-0.39, 0.29) is 24.7 Å². The number of halogens is 5. The number of aromatic nitrogens is 2. The van der Waals surface area contributed by atoms with Crippen molar-refractivity contribution in [3.63, 3.8) is 0 Å². The quantitative estimate of drug-likeness (QED) is 0.361. The van der Waals surface area contributed by atoms with Crippen LogP contribution in [0.5, 0.6) is 0 Å². The van der Waals surface area contributed by atoms with Gasteiger partial charge < -0.3 is 14.7 Å². The largest absolute Gasteiger partial charge is 0.471 e. The highest BCUT2D eigenvalue weighted by molar-refractivity contribution is 6.03. The molecule has 5 rings (SSSR count). The molecule has 1 atom stereocenters. The molecule has 3 aromatic carbocycles. The minimum absolute atomic E-state index is 0.124. The standard InChI is InChI=1S/C25H17F5N4O2/c26-17-10-7-15(11-18(17)27)12-21-23(35)31-19-3-1-2-4-20(19)34(21)13-14-5-8-16(9-6-14)22-32-24(36-33-22)25(28,29)30/h1-11,21H,12-13H2,(H,31,35). The van der Waals surface area contributed by atoms with Gasteiger partial charge in [0.05, 0.1) is 11.4 Å². The molecule has 1 aliphatic heterocycles. The Hall–Kier alpha value is -4.28. The second-order valence-corrected chi connectivity index (χ2v) is 8.22. The summed E-state index contributed by atoms with van der Waals surface area (Å²) >= 11 is 0. The van der Waals surface area contributed by atoms with E-state index in [2.05, 4.69) is 20.0 Å². The average molecular weight is 500 g/mol. The zero-order valence-electron chi connectivity index (χ0n) is 18.4. The van der Waals surface area contributed by atoms with Gasteiger partial charge in [0, 0.05) is 18.5 Å². The number of nitrogens with one attached hydrogen (secondary N) is 1. The van der Waals surface area contributed by atoms with Gasteiger partial charge >= 0.3 is 12.1 Å². The van der Waals surface area contributed by atoms with Gasteiger partial charge in [-0.1, -0.05) is 47.6 Å². The molecule has 6 nitrogen and oxygen atoms in total. The number of hydrogen-bond donors (Lipinski definition) is 1. The summed E-state index contributed by atoms with van der Waals surface area (Å²) in [7, 11) is 0. The highest BCUT2D eigenvalue weighted by Crippen LogP contribution is 2.35. The van der Waals surface area contributed by atoms with Crippen LogP contribution >= 0.6 is 0 Å². The molecule has 0 radical (unpaired) electrons. The van der Waals surface area contributed by atoms with Crippen LogP contribution in [-0.4, -0.2) is 22.1 Å². The molecule has 0 aliphatic carbocycles. The highest BCUT2D eigenvalue weighted by atomic mass is 19.4. The van der Waals surface area contributed by atoms with Crippen LogP contribution < -0.4 is 10.2 Å². The summed E-state index contributed by atoms with van der Waals surface area (Å²) in [6.07, 6.45) is -4.62. The predicted molar refractivity (Wildman–Crippen MR) is 120 cm³/mol. The maximum absolute atomic E-state index is 13.8. The van der Waals surface area contributed by atoms with Crippen molar-refractivity contribution in [3.8, 4) is 11.4 Å². The van der Waals surface area contributed by atoms with Gasteiger partial charge in [-0.25, -0.2) is 8.78 Å². The molecule has 11 heteroatoms. The SMILES string of the molecule is O=C1Nc2ccccc2N(Cc2ccc(-c3noc(C(F)(F)F)n3)cc2)C1Cc1ccc(F)c(F)c1. The van der Waals surface area contributed by atoms with E-state index < -0.39 is 29.7 Å². The van der Waals surface area contributed by atoms with Crippen molar-refractivity contribution >= 4 is 17.3 Å². The van der Waals surface area contributed by atoms with E-state index in [1.165, 1.54) is 6.07 Å². The summed E-state index contributed by atoms with van der Waals surface area (Å²) in [5, 5.41) is 6.23. The lowest BCUT2D eigenvalue weighted by atomic mass is 9.99. The Morgan fingerprint density at radius 1 is 0.944 bits per heavy atom. The zero-order valence-corrected chi connectivity index (χ0v) is 18.4. The summed E-state index contributed by atoms with van der Waals surface area (Å²) in [5.41, 5.74) is 2.87. The van der Waals surface area contributed by atoms with Crippen molar-refractivity contribution in [3.05, 3.63) is 95.4 Å². The Labute approximate surface area is 201 Å². The first-order valence-corrected chi connectivity index (χ1v) is 10.8. The molecular weight excluding hydrogens is 483 g/mol. The lowest BCUT2D eigenvalue weighted by molar-refractivity contribution is -0.159. The summed E-state index contributed by atoms with van der Waals surface area (Å²) in [6, 6.07) is 16.4. The van der Waals surface area contributed by atoms with E-state index in [0.717, 1.165) is 23.4 Å². The van der Waals surface area contributed by atoms with Crippen LogP contribution in [0.3, 0.4) is 0 Å².